The van der Waals surface area contributed by atoms with Gasteiger partial charge in [0.25, 0.3) is 5.91 Å². The molecule has 0 bridgehead atoms. The van der Waals surface area contributed by atoms with Crippen molar-refractivity contribution in [2.24, 2.45) is 0 Å². The van der Waals surface area contributed by atoms with Gasteiger partial charge in [0, 0.05) is 12.6 Å². The van der Waals surface area contributed by atoms with E-state index in [-0.39, 0.29) is 11.8 Å². The summed E-state index contributed by atoms with van der Waals surface area (Å²) >= 11 is 1.46. The van der Waals surface area contributed by atoms with Crippen LogP contribution in [-0.4, -0.2) is 31.8 Å². The quantitative estimate of drug-likeness (QED) is 0.791. The Morgan fingerprint density at radius 1 is 1.44 bits per heavy atom. The standard InChI is InChI=1S/C10H9N5O2S/c16-9-2-1-7(10(17)12-9)15-4-6(13-14-15)8-3-11-5-18-8/h3-5,7H,1-2H2,(H,12,16,17). The van der Waals surface area contributed by atoms with Crippen molar-refractivity contribution in [3.63, 3.8) is 0 Å². The molecule has 92 valence electrons. The molecule has 3 rings (SSSR count). The van der Waals surface area contributed by atoms with Gasteiger partial charge < -0.3 is 0 Å². The third kappa shape index (κ3) is 1.90. The van der Waals surface area contributed by atoms with Gasteiger partial charge in [0.1, 0.15) is 11.7 Å². The Balaban J connectivity index is 1.85. The zero-order valence-electron chi connectivity index (χ0n) is 9.24. The van der Waals surface area contributed by atoms with Gasteiger partial charge >= 0.3 is 0 Å². The summed E-state index contributed by atoms with van der Waals surface area (Å²) in [5.41, 5.74) is 2.39. The van der Waals surface area contributed by atoms with Crippen molar-refractivity contribution in [2.75, 3.05) is 0 Å². The second-order valence-electron chi connectivity index (χ2n) is 3.92. The van der Waals surface area contributed by atoms with Gasteiger partial charge in [0.05, 0.1) is 16.6 Å². The molecule has 0 spiro atoms. The van der Waals surface area contributed by atoms with Crippen LogP contribution >= 0.6 is 11.3 Å². The lowest BCUT2D eigenvalue weighted by molar-refractivity contribution is -0.136. The van der Waals surface area contributed by atoms with Gasteiger partial charge in [-0.1, -0.05) is 5.21 Å². The zero-order valence-corrected chi connectivity index (χ0v) is 10.1. The molecule has 1 atom stereocenters. The monoisotopic (exact) mass is 263 g/mol. The van der Waals surface area contributed by atoms with Gasteiger partial charge in [-0.3, -0.25) is 19.9 Å². The molecule has 3 heterocycles. The normalized spacial score (nSPS) is 19.9. The maximum atomic E-state index is 11.7. The van der Waals surface area contributed by atoms with Crippen molar-refractivity contribution >= 4 is 23.2 Å². The predicted octanol–water partition coefficient (Wildman–Crippen LogP) is 0.379. The minimum atomic E-state index is -0.461. The van der Waals surface area contributed by atoms with E-state index in [1.807, 2.05) is 0 Å². The second-order valence-corrected chi connectivity index (χ2v) is 4.80. The molecule has 0 aromatic carbocycles. The number of carbonyl (C=O) groups is 2. The highest BCUT2D eigenvalue weighted by atomic mass is 32.1. The molecule has 1 aliphatic rings. The first-order chi connectivity index (χ1) is 8.74. The lowest BCUT2D eigenvalue weighted by Gasteiger charge is -2.20. The van der Waals surface area contributed by atoms with Crippen LogP contribution in [-0.2, 0) is 9.59 Å². The molecule has 1 saturated heterocycles. The summed E-state index contributed by atoms with van der Waals surface area (Å²) in [5.74, 6) is -0.564. The number of thiazole rings is 1. The van der Waals surface area contributed by atoms with Crippen LogP contribution in [0.25, 0.3) is 10.6 Å². The van der Waals surface area contributed by atoms with Crippen LogP contribution in [0.5, 0.6) is 0 Å². The Morgan fingerprint density at radius 2 is 2.33 bits per heavy atom. The van der Waals surface area contributed by atoms with Gasteiger partial charge in [-0.2, -0.15) is 0 Å². The molecular formula is C10H9N5O2S. The minimum absolute atomic E-state index is 0.237. The second kappa shape index (κ2) is 4.30. The van der Waals surface area contributed by atoms with Crippen LogP contribution in [0.3, 0.4) is 0 Å². The molecule has 0 radical (unpaired) electrons. The van der Waals surface area contributed by atoms with Gasteiger partial charge in [-0.15, -0.1) is 16.4 Å². The maximum absolute atomic E-state index is 11.7. The van der Waals surface area contributed by atoms with Crippen LogP contribution < -0.4 is 5.32 Å². The molecule has 1 fully saturated rings. The van der Waals surface area contributed by atoms with Crippen LogP contribution in [0.2, 0.25) is 0 Å². The Hall–Kier alpha value is -2.09. The average Bonchev–Trinajstić information content (AvgIpc) is 2.99. The van der Waals surface area contributed by atoms with E-state index in [0.29, 0.717) is 18.5 Å². The molecule has 2 aromatic heterocycles. The molecule has 18 heavy (non-hydrogen) atoms. The first kappa shape index (κ1) is 11.0. The Morgan fingerprint density at radius 3 is 3.06 bits per heavy atom. The fourth-order valence-corrected chi connectivity index (χ4v) is 2.39. The fourth-order valence-electron chi connectivity index (χ4n) is 1.82. The number of amides is 2. The summed E-state index contributed by atoms with van der Waals surface area (Å²) in [6.07, 6.45) is 4.18. The van der Waals surface area contributed by atoms with Crippen molar-refractivity contribution in [2.45, 2.75) is 18.9 Å². The van der Waals surface area contributed by atoms with Gasteiger partial charge in [-0.25, -0.2) is 4.68 Å². The molecule has 0 saturated carbocycles. The summed E-state index contributed by atoms with van der Waals surface area (Å²) < 4.78 is 1.50. The summed E-state index contributed by atoms with van der Waals surface area (Å²) in [7, 11) is 0. The molecule has 1 aliphatic heterocycles. The summed E-state index contributed by atoms with van der Waals surface area (Å²) in [4.78, 5) is 27.6. The highest BCUT2D eigenvalue weighted by Gasteiger charge is 2.29. The topological polar surface area (TPSA) is 89.8 Å². The van der Waals surface area contributed by atoms with Crippen molar-refractivity contribution < 1.29 is 9.59 Å². The first-order valence-electron chi connectivity index (χ1n) is 5.38. The molecule has 2 aromatic rings. The lowest BCUT2D eigenvalue weighted by Crippen LogP contribution is -2.41. The van der Waals surface area contributed by atoms with E-state index in [9.17, 15) is 9.59 Å². The van der Waals surface area contributed by atoms with Gasteiger partial charge in [0.2, 0.25) is 5.91 Å². The number of piperidine rings is 1. The SMILES string of the molecule is O=C1CCC(n2cc(-c3cncs3)nn2)C(=O)N1. The van der Waals surface area contributed by atoms with E-state index in [1.165, 1.54) is 16.0 Å². The number of aromatic nitrogens is 4. The number of imide groups is 1. The predicted molar refractivity (Wildman–Crippen MR) is 62.6 cm³/mol. The summed E-state index contributed by atoms with van der Waals surface area (Å²) in [5, 5.41) is 10.2. The summed E-state index contributed by atoms with van der Waals surface area (Å²) in [6.45, 7) is 0. The molecular weight excluding hydrogens is 254 g/mol. The number of nitrogens with zero attached hydrogens (tertiary/aromatic N) is 4. The number of hydrogen-bond donors (Lipinski definition) is 1. The number of rotatable bonds is 2. The highest BCUT2D eigenvalue weighted by molar-refractivity contribution is 7.13. The lowest BCUT2D eigenvalue weighted by atomic mass is 10.1. The van der Waals surface area contributed by atoms with Crippen LogP contribution in [0.4, 0.5) is 0 Å². The molecule has 1 N–H and O–H groups in total. The maximum Gasteiger partial charge on any atom is 0.251 e. The van der Waals surface area contributed by atoms with E-state index < -0.39 is 6.04 Å². The van der Waals surface area contributed by atoms with E-state index in [4.69, 9.17) is 0 Å². The fraction of sp³-hybridized carbons (Fsp3) is 0.300. The minimum Gasteiger partial charge on any atom is -0.295 e. The summed E-state index contributed by atoms with van der Waals surface area (Å²) in [6, 6.07) is -0.461. The molecule has 7 nitrogen and oxygen atoms in total. The number of nitrogens with one attached hydrogen (secondary N) is 1. The first-order valence-corrected chi connectivity index (χ1v) is 6.26. The van der Waals surface area contributed by atoms with Gasteiger partial charge in [-0.05, 0) is 6.42 Å². The molecule has 1 unspecified atom stereocenters. The smallest absolute Gasteiger partial charge is 0.251 e. The largest absolute Gasteiger partial charge is 0.295 e. The van der Waals surface area contributed by atoms with Crippen LogP contribution in [0.15, 0.2) is 17.9 Å². The third-order valence-corrected chi connectivity index (χ3v) is 3.52. The Bertz CT molecular complexity index is 591. The zero-order chi connectivity index (χ0) is 12.5. The van der Waals surface area contributed by atoms with Gasteiger partial charge in [0.15, 0.2) is 0 Å². The van der Waals surface area contributed by atoms with Crippen molar-refractivity contribution in [1.82, 2.24) is 25.3 Å². The molecule has 8 heteroatoms. The molecule has 0 aliphatic carbocycles. The Kier molecular flexibility index (Phi) is 2.63. The third-order valence-electron chi connectivity index (χ3n) is 2.72. The average molecular weight is 263 g/mol. The van der Waals surface area contributed by atoms with E-state index in [0.717, 1.165) is 4.88 Å². The molecule has 2 amide bonds. The Labute approximate surface area is 106 Å². The highest BCUT2D eigenvalue weighted by Crippen LogP contribution is 2.23. The van der Waals surface area contributed by atoms with E-state index >= 15 is 0 Å². The number of carbonyl (C=O) groups excluding carboxylic acids is 2. The van der Waals surface area contributed by atoms with E-state index in [1.54, 1.807) is 17.9 Å². The van der Waals surface area contributed by atoms with Crippen molar-refractivity contribution in [3.05, 3.63) is 17.9 Å². The van der Waals surface area contributed by atoms with Crippen LogP contribution in [0, 0.1) is 0 Å². The van der Waals surface area contributed by atoms with Crippen molar-refractivity contribution in [1.29, 1.82) is 0 Å². The number of hydrogen-bond acceptors (Lipinski definition) is 6. The van der Waals surface area contributed by atoms with Crippen LogP contribution in [0.1, 0.15) is 18.9 Å². The van der Waals surface area contributed by atoms with Crippen molar-refractivity contribution in [3.8, 4) is 10.6 Å². The van der Waals surface area contributed by atoms with E-state index in [2.05, 4.69) is 20.6 Å².